The summed E-state index contributed by atoms with van der Waals surface area (Å²) in [4.78, 5) is 11.1. The maximum Gasteiger partial charge on any atom is 0.296 e. The van der Waals surface area contributed by atoms with Crippen LogP contribution in [-0.2, 0) is 10.0 Å². The number of ether oxygens (including phenoxy) is 1. The van der Waals surface area contributed by atoms with E-state index in [4.69, 9.17) is 4.74 Å². The zero-order valence-corrected chi connectivity index (χ0v) is 16.4. The molecule has 0 spiro atoms. The van der Waals surface area contributed by atoms with Crippen molar-refractivity contribution in [2.45, 2.75) is 38.2 Å². The largest absolute Gasteiger partial charge is 0.488 e. The average molecular weight is 405 g/mol. The van der Waals surface area contributed by atoms with Crippen molar-refractivity contribution in [2.24, 2.45) is 0 Å². The van der Waals surface area contributed by atoms with Gasteiger partial charge in [-0.25, -0.2) is 8.42 Å². The maximum absolute atomic E-state index is 11.8. The molecular weight excluding hydrogens is 382 g/mol. The van der Waals surface area contributed by atoms with Crippen LogP contribution in [0.5, 0.6) is 5.75 Å². The SMILES string of the molecule is CS(=O)(=O)Nc1cc(Nc2ccccc2)c([N+](=O)[O-])cc1OC1CCCCC1. The number of hydrogen-bond donors (Lipinski definition) is 2. The lowest BCUT2D eigenvalue weighted by Crippen LogP contribution is -2.21. The number of benzene rings is 2. The minimum Gasteiger partial charge on any atom is -0.488 e. The van der Waals surface area contributed by atoms with Crippen molar-refractivity contribution < 1.29 is 18.1 Å². The van der Waals surface area contributed by atoms with Crippen LogP contribution in [0.25, 0.3) is 0 Å². The van der Waals surface area contributed by atoms with Gasteiger partial charge in [0.05, 0.1) is 29.0 Å². The summed E-state index contributed by atoms with van der Waals surface area (Å²) in [7, 11) is -3.59. The highest BCUT2D eigenvalue weighted by Crippen LogP contribution is 2.39. The second-order valence-electron chi connectivity index (χ2n) is 6.87. The van der Waals surface area contributed by atoms with Crippen molar-refractivity contribution >= 4 is 32.8 Å². The van der Waals surface area contributed by atoms with E-state index in [2.05, 4.69) is 10.0 Å². The van der Waals surface area contributed by atoms with Crippen molar-refractivity contribution in [2.75, 3.05) is 16.3 Å². The van der Waals surface area contributed by atoms with Crippen LogP contribution in [-0.4, -0.2) is 25.7 Å². The molecule has 0 aromatic heterocycles. The fourth-order valence-corrected chi connectivity index (χ4v) is 3.80. The molecule has 1 fully saturated rings. The number of nitro groups is 1. The van der Waals surface area contributed by atoms with Crippen molar-refractivity contribution in [1.82, 2.24) is 0 Å². The molecule has 9 heteroatoms. The number of anilines is 3. The first-order valence-corrected chi connectivity index (χ1v) is 11.0. The van der Waals surface area contributed by atoms with Gasteiger partial charge in [-0.15, -0.1) is 0 Å². The van der Waals surface area contributed by atoms with Gasteiger partial charge >= 0.3 is 0 Å². The van der Waals surface area contributed by atoms with Gasteiger partial charge in [0.1, 0.15) is 5.69 Å². The lowest BCUT2D eigenvalue weighted by molar-refractivity contribution is -0.384. The Morgan fingerprint density at radius 2 is 1.75 bits per heavy atom. The molecule has 28 heavy (non-hydrogen) atoms. The zero-order valence-electron chi connectivity index (χ0n) is 15.6. The van der Waals surface area contributed by atoms with E-state index in [1.165, 1.54) is 12.1 Å². The Bertz CT molecular complexity index is 942. The first kappa shape index (κ1) is 19.9. The molecule has 0 heterocycles. The van der Waals surface area contributed by atoms with Crippen LogP contribution in [0.15, 0.2) is 42.5 Å². The van der Waals surface area contributed by atoms with Crippen LogP contribution in [0.4, 0.5) is 22.7 Å². The summed E-state index contributed by atoms with van der Waals surface area (Å²) in [5.74, 6) is 0.169. The smallest absolute Gasteiger partial charge is 0.296 e. The highest BCUT2D eigenvalue weighted by molar-refractivity contribution is 7.92. The average Bonchev–Trinajstić information content (AvgIpc) is 2.64. The Labute approximate surface area is 164 Å². The number of sulfonamides is 1. The summed E-state index contributed by atoms with van der Waals surface area (Å²) in [6.45, 7) is 0. The van der Waals surface area contributed by atoms with Crippen LogP contribution < -0.4 is 14.8 Å². The van der Waals surface area contributed by atoms with Crippen LogP contribution in [0.2, 0.25) is 0 Å². The third-order valence-corrected chi connectivity index (χ3v) is 5.08. The molecule has 2 aromatic carbocycles. The summed E-state index contributed by atoms with van der Waals surface area (Å²) in [6, 6.07) is 11.6. The predicted molar refractivity (Wildman–Crippen MR) is 109 cm³/mol. The van der Waals surface area contributed by atoms with E-state index in [1.807, 2.05) is 6.07 Å². The molecule has 8 nitrogen and oxygen atoms in total. The van der Waals surface area contributed by atoms with Gasteiger partial charge in [-0.3, -0.25) is 14.8 Å². The van der Waals surface area contributed by atoms with Gasteiger partial charge in [-0.2, -0.15) is 0 Å². The molecular formula is C19H23N3O5S. The van der Waals surface area contributed by atoms with Crippen molar-refractivity contribution in [3.8, 4) is 5.75 Å². The molecule has 0 aliphatic heterocycles. The number of hydrogen-bond acceptors (Lipinski definition) is 6. The minimum atomic E-state index is -3.59. The quantitative estimate of drug-likeness (QED) is 0.521. The van der Waals surface area contributed by atoms with Crippen molar-refractivity contribution in [1.29, 1.82) is 0 Å². The zero-order chi connectivity index (χ0) is 20.1. The standard InChI is InChI=1S/C19H23N3O5S/c1-28(25,26)21-17-12-16(20-14-8-4-2-5-9-14)18(22(23)24)13-19(17)27-15-10-6-3-7-11-15/h2,4-5,8-9,12-13,15,20-21H,3,6-7,10-11H2,1H3. The van der Waals surface area contributed by atoms with E-state index in [9.17, 15) is 18.5 Å². The second-order valence-corrected chi connectivity index (χ2v) is 8.61. The monoisotopic (exact) mass is 405 g/mol. The summed E-state index contributed by atoms with van der Waals surface area (Å²) in [6.07, 6.45) is 5.82. The van der Waals surface area contributed by atoms with Gasteiger partial charge < -0.3 is 10.1 Å². The number of nitro benzene ring substituents is 1. The Morgan fingerprint density at radius 3 is 2.36 bits per heavy atom. The predicted octanol–water partition coefficient (Wildman–Crippen LogP) is 4.42. The normalized spacial score (nSPS) is 15.0. The molecule has 1 saturated carbocycles. The summed E-state index contributed by atoms with van der Waals surface area (Å²) in [5.41, 5.74) is 0.820. The second kappa shape index (κ2) is 8.47. The Hall–Kier alpha value is -2.81. The number of rotatable bonds is 7. The minimum absolute atomic E-state index is 0.0820. The van der Waals surface area contributed by atoms with Gasteiger partial charge in [0.2, 0.25) is 10.0 Å². The van der Waals surface area contributed by atoms with Crippen LogP contribution in [0.1, 0.15) is 32.1 Å². The van der Waals surface area contributed by atoms with Crippen LogP contribution >= 0.6 is 0 Å². The Morgan fingerprint density at radius 1 is 1.07 bits per heavy atom. The highest BCUT2D eigenvalue weighted by Gasteiger charge is 2.24. The van der Waals surface area contributed by atoms with E-state index >= 15 is 0 Å². The molecule has 3 rings (SSSR count). The van der Waals surface area contributed by atoms with Gasteiger partial charge in [0, 0.05) is 5.69 Å². The number of nitrogens with one attached hydrogen (secondary N) is 2. The molecule has 2 aromatic rings. The summed E-state index contributed by atoms with van der Waals surface area (Å²) >= 11 is 0. The lowest BCUT2D eigenvalue weighted by Gasteiger charge is -2.24. The number of nitrogens with zero attached hydrogens (tertiary/aromatic N) is 1. The van der Waals surface area contributed by atoms with E-state index in [1.54, 1.807) is 24.3 Å². The Kier molecular flexibility index (Phi) is 6.03. The van der Waals surface area contributed by atoms with Crippen molar-refractivity contribution in [3.63, 3.8) is 0 Å². The Balaban J connectivity index is 2.01. The molecule has 0 unspecified atom stereocenters. The van der Waals surface area contributed by atoms with Crippen molar-refractivity contribution in [3.05, 3.63) is 52.6 Å². The molecule has 0 atom stereocenters. The lowest BCUT2D eigenvalue weighted by atomic mass is 9.98. The van der Waals surface area contributed by atoms with Crippen LogP contribution in [0, 0.1) is 10.1 Å². The van der Waals surface area contributed by atoms with Gasteiger partial charge in [0.15, 0.2) is 5.75 Å². The molecule has 0 radical (unpaired) electrons. The summed E-state index contributed by atoms with van der Waals surface area (Å²) in [5, 5.41) is 14.6. The third kappa shape index (κ3) is 5.35. The molecule has 1 aliphatic carbocycles. The maximum atomic E-state index is 11.8. The molecule has 0 saturated heterocycles. The van der Waals surface area contributed by atoms with Gasteiger partial charge in [0.25, 0.3) is 5.69 Å². The molecule has 2 N–H and O–H groups in total. The topological polar surface area (TPSA) is 111 Å². The van der Waals surface area contributed by atoms with Gasteiger partial charge in [-0.1, -0.05) is 24.6 Å². The third-order valence-electron chi connectivity index (χ3n) is 4.49. The first-order chi connectivity index (χ1) is 13.3. The molecule has 0 amide bonds. The van der Waals surface area contributed by atoms with E-state index in [0.717, 1.165) is 38.4 Å². The fraction of sp³-hybridized carbons (Fsp3) is 0.368. The van der Waals surface area contributed by atoms with Crippen LogP contribution in [0.3, 0.4) is 0 Å². The molecule has 0 bridgehead atoms. The highest BCUT2D eigenvalue weighted by atomic mass is 32.2. The van der Waals surface area contributed by atoms with Gasteiger partial charge in [-0.05, 0) is 43.9 Å². The van der Waals surface area contributed by atoms with E-state index < -0.39 is 14.9 Å². The fourth-order valence-electron chi connectivity index (χ4n) is 3.24. The van der Waals surface area contributed by atoms with E-state index in [-0.39, 0.29) is 28.9 Å². The first-order valence-electron chi connectivity index (χ1n) is 9.11. The van der Waals surface area contributed by atoms with E-state index in [0.29, 0.717) is 5.69 Å². The molecule has 1 aliphatic rings. The number of para-hydroxylation sites is 1. The molecule has 150 valence electrons. The summed E-state index contributed by atoms with van der Waals surface area (Å²) < 4.78 is 32.0.